The third-order valence-electron chi connectivity index (χ3n) is 3.82. The van der Waals surface area contributed by atoms with Gasteiger partial charge in [0.2, 0.25) is 0 Å². The summed E-state index contributed by atoms with van der Waals surface area (Å²) in [6.07, 6.45) is 10.1. The molecule has 144 valence electrons. The second-order valence-corrected chi connectivity index (χ2v) is 6.24. The molecule has 2 atom stereocenters. The molecule has 0 saturated carbocycles. The summed E-state index contributed by atoms with van der Waals surface area (Å²) in [5.41, 5.74) is 0. The zero-order chi connectivity index (χ0) is 18.0. The molecular weight excluding hydrogens is 312 g/mol. The van der Waals surface area contributed by atoms with E-state index < -0.39 is 24.8 Å². The Balaban J connectivity index is 3.27. The van der Waals surface area contributed by atoms with Gasteiger partial charge in [-0.3, -0.25) is 0 Å². The predicted octanol–water partition coefficient (Wildman–Crippen LogP) is 2.18. The highest BCUT2D eigenvalue weighted by Gasteiger charge is 2.16. The lowest BCUT2D eigenvalue weighted by Gasteiger charge is -2.13. The first-order chi connectivity index (χ1) is 11.6. The van der Waals surface area contributed by atoms with E-state index in [2.05, 4.69) is 11.7 Å². The van der Waals surface area contributed by atoms with Gasteiger partial charge in [-0.25, -0.2) is 4.79 Å². The Morgan fingerprint density at radius 3 is 1.96 bits per heavy atom. The fourth-order valence-corrected chi connectivity index (χ4v) is 2.31. The summed E-state index contributed by atoms with van der Waals surface area (Å²) in [6.45, 7) is 1.98. The lowest BCUT2D eigenvalue weighted by molar-refractivity contribution is -0.159. The Morgan fingerprint density at radius 2 is 1.42 bits per heavy atom. The number of carbonyl (C=O) groups is 1. The summed E-state index contributed by atoms with van der Waals surface area (Å²) in [5, 5.41) is 27.1. The molecule has 0 saturated heterocycles. The van der Waals surface area contributed by atoms with Crippen LogP contribution in [0.5, 0.6) is 0 Å². The standard InChI is InChI=1S/C18H36O6/c1-2-3-4-5-6-7-8-9-10-11-12-23-14-16(20)15-24-18(22)17(21)13-19/h16-17,19-21H,2-15H2,1H3. The van der Waals surface area contributed by atoms with E-state index in [9.17, 15) is 9.90 Å². The van der Waals surface area contributed by atoms with Gasteiger partial charge in [-0.2, -0.15) is 0 Å². The third-order valence-corrected chi connectivity index (χ3v) is 3.82. The number of rotatable bonds is 17. The molecule has 3 N–H and O–H groups in total. The number of carbonyl (C=O) groups excluding carboxylic acids is 1. The molecule has 0 fully saturated rings. The highest BCUT2D eigenvalue weighted by molar-refractivity contribution is 5.74. The molecule has 24 heavy (non-hydrogen) atoms. The van der Waals surface area contributed by atoms with Gasteiger partial charge in [0.1, 0.15) is 12.7 Å². The molecule has 0 bridgehead atoms. The first kappa shape index (κ1) is 23.3. The van der Waals surface area contributed by atoms with Gasteiger partial charge in [-0.05, 0) is 6.42 Å². The molecule has 0 amide bonds. The van der Waals surface area contributed by atoms with E-state index in [1.807, 2.05) is 0 Å². The van der Waals surface area contributed by atoms with Crippen LogP contribution < -0.4 is 0 Å². The summed E-state index contributed by atoms with van der Waals surface area (Å²) in [4.78, 5) is 11.1. The Morgan fingerprint density at radius 1 is 0.875 bits per heavy atom. The van der Waals surface area contributed by atoms with Crippen LogP contribution in [0.2, 0.25) is 0 Å². The van der Waals surface area contributed by atoms with E-state index in [1.54, 1.807) is 0 Å². The normalized spacial score (nSPS) is 13.7. The fraction of sp³-hybridized carbons (Fsp3) is 0.944. The molecule has 0 rings (SSSR count). The first-order valence-corrected chi connectivity index (χ1v) is 9.33. The molecule has 0 spiro atoms. The predicted molar refractivity (Wildman–Crippen MR) is 92.7 cm³/mol. The molecule has 2 unspecified atom stereocenters. The van der Waals surface area contributed by atoms with Crippen LogP contribution >= 0.6 is 0 Å². The minimum Gasteiger partial charge on any atom is -0.461 e. The largest absolute Gasteiger partial charge is 0.461 e. The summed E-state index contributed by atoms with van der Waals surface area (Å²) in [5.74, 6) is -0.939. The van der Waals surface area contributed by atoms with Crippen LogP contribution in [0.3, 0.4) is 0 Å². The first-order valence-electron chi connectivity index (χ1n) is 9.33. The molecule has 0 aliphatic heterocycles. The van der Waals surface area contributed by atoms with Crippen molar-refractivity contribution in [3.63, 3.8) is 0 Å². The van der Waals surface area contributed by atoms with Crippen LogP contribution in [0, 0.1) is 0 Å². The smallest absolute Gasteiger partial charge is 0.337 e. The summed E-state index contributed by atoms with van der Waals surface area (Å²) in [7, 11) is 0. The van der Waals surface area contributed by atoms with Gasteiger partial charge in [-0.1, -0.05) is 64.7 Å². The van der Waals surface area contributed by atoms with Crippen molar-refractivity contribution in [1.29, 1.82) is 0 Å². The van der Waals surface area contributed by atoms with Crippen LogP contribution in [0.4, 0.5) is 0 Å². The minimum absolute atomic E-state index is 0.0972. The van der Waals surface area contributed by atoms with Gasteiger partial charge < -0.3 is 24.8 Å². The van der Waals surface area contributed by atoms with E-state index >= 15 is 0 Å². The van der Waals surface area contributed by atoms with Gasteiger partial charge in [0.25, 0.3) is 0 Å². The SMILES string of the molecule is CCCCCCCCCCCCOCC(O)COC(=O)C(O)CO. The second-order valence-electron chi connectivity index (χ2n) is 6.24. The van der Waals surface area contributed by atoms with Gasteiger partial charge >= 0.3 is 5.97 Å². The Kier molecular flexibility index (Phi) is 16.7. The van der Waals surface area contributed by atoms with Gasteiger partial charge in [0, 0.05) is 6.61 Å². The lowest BCUT2D eigenvalue weighted by atomic mass is 10.1. The highest BCUT2D eigenvalue weighted by Crippen LogP contribution is 2.10. The Hall–Kier alpha value is -0.690. The quantitative estimate of drug-likeness (QED) is 0.275. The number of ether oxygens (including phenoxy) is 2. The number of esters is 1. The minimum atomic E-state index is -1.55. The molecule has 0 radical (unpaired) electrons. The Bertz CT molecular complexity index is 285. The molecule has 0 aromatic carbocycles. The van der Waals surface area contributed by atoms with Crippen LogP contribution in [0.25, 0.3) is 0 Å². The zero-order valence-corrected chi connectivity index (χ0v) is 15.1. The van der Waals surface area contributed by atoms with E-state index in [-0.39, 0.29) is 13.2 Å². The maximum Gasteiger partial charge on any atom is 0.337 e. The maximum absolute atomic E-state index is 11.1. The maximum atomic E-state index is 11.1. The average molecular weight is 348 g/mol. The molecule has 0 aliphatic rings. The zero-order valence-electron chi connectivity index (χ0n) is 15.1. The number of aliphatic hydroxyl groups is 3. The van der Waals surface area contributed by atoms with Crippen molar-refractivity contribution in [3.05, 3.63) is 0 Å². The topological polar surface area (TPSA) is 96.2 Å². The molecule has 0 aromatic heterocycles. The number of aliphatic hydroxyl groups excluding tert-OH is 3. The van der Waals surface area contributed by atoms with Crippen LogP contribution in [0.1, 0.15) is 71.1 Å². The van der Waals surface area contributed by atoms with Crippen LogP contribution in [-0.4, -0.2) is 59.9 Å². The number of hydrogen-bond donors (Lipinski definition) is 3. The summed E-state index contributed by atoms with van der Waals surface area (Å²) < 4.78 is 9.97. The second kappa shape index (κ2) is 17.1. The van der Waals surface area contributed by atoms with E-state index in [0.717, 1.165) is 12.8 Å². The van der Waals surface area contributed by atoms with Gasteiger partial charge in [-0.15, -0.1) is 0 Å². The molecule has 0 heterocycles. The van der Waals surface area contributed by atoms with Crippen molar-refractivity contribution >= 4 is 5.97 Å². The van der Waals surface area contributed by atoms with Gasteiger partial charge in [0.15, 0.2) is 6.10 Å². The number of unbranched alkanes of at least 4 members (excludes halogenated alkanes) is 9. The molecule has 6 nitrogen and oxygen atoms in total. The molecule has 0 aliphatic carbocycles. The van der Waals surface area contributed by atoms with Gasteiger partial charge in [0.05, 0.1) is 13.2 Å². The Labute approximate surface area is 146 Å². The van der Waals surface area contributed by atoms with E-state index in [1.165, 1.54) is 51.4 Å². The van der Waals surface area contributed by atoms with Crippen molar-refractivity contribution in [3.8, 4) is 0 Å². The third kappa shape index (κ3) is 14.9. The van der Waals surface area contributed by atoms with Crippen molar-refractivity contribution < 1.29 is 29.6 Å². The van der Waals surface area contributed by atoms with Crippen LogP contribution in [0.15, 0.2) is 0 Å². The van der Waals surface area contributed by atoms with Crippen LogP contribution in [-0.2, 0) is 14.3 Å². The lowest BCUT2D eigenvalue weighted by Crippen LogP contribution is -2.31. The van der Waals surface area contributed by atoms with Crippen molar-refractivity contribution in [2.24, 2.45) is 0 Å². The van der Waals surface area contributed by atoms with E-state index in [4.69, 9.17) is 14.9 Å². The monoisotopic (exact) mass is 348 g/mol. The highest BCUT2D eigenvalue weighted by atomic mass is 16.6. The number of hydrogen-bond acceptors (Lipinski definition) is 6. The molecule has 0 aromatic rings. The molecular formula is C18H36O6. The summed E-state index contributed by atoms with van der Waals surface area (Å²) in [6, 6.07) is 0. The van der Waals surface area contributed by atoms with E-state index in [0.29, 0.717) is 6.61 Å². The average Bonchev–Trinajstić information content (AvgIpc) is 2.59. The van der Waals surface area contributed by atoms with Crippen molar-refractivity contribution in [2.45, 2.75) is 83.3 Å². The molecule has 6 heteroatoms. The fourth-order valence-electron chi connectivity index (χ4n) is 2.31. The van der Waals surface area contributed by atoms with Crippen molar-refractivity contribution in [2.75, 3.05) is 26.4 Å². The van der Waals surface area contributed by atoms with Crippen molar-refractivity contribution in [1.82, 2.24) is 0 Å². The summed E-state index contributed by atoms with van der Waals surface area (Å²) >= 11 is 0.